The summed E-state index contributed by atoms with van der Waals surface area (Å²) in [4.78, 5) is 2.68. The van der Waals surface area contributed by atoms with Gasteiger partial charge >= 0.3 is 0 Å². The molecule has 2 N–H and O–H groups in total. The molecular formula is C17H34N2O. The van der Waals surface area contributed by atoms with E-state index in [-0.39, 0.29) is 0 Å². The summed E-state index contributed by atoms with van der Waals surface area (Å²) < 4.78 is 5.63. The minimum Gasteiger partial charge on any atom is -0.380 e. The van der Waals surface area contributed by atoms with Crippen molar-refractivity contribution < 1.29 is 4.74 Å². The molecule has 0 amide bonds. The normalized spacial score (nSPS) is 33.9. The molecule has 1 saturated heterocycles. The van der Waals surface area contributed by atoms with Crippen molar-refractivity contribution in [3.05, 3.63) is 0 Å². The second kappa shape index (κ2) is 7.24. The molecule has 118 valence electrons. The minimum absolute atomic E-state index is 0.472. The van der Waals surface area contributed by atoms with E-state index in [4.69, 9.17) is 10.5 Å². The van der Waals surface area contributed by atoms with Crippen LogP contribution in [0.4, 0.5) is 0 Å². The molecule has 1 saturated carbocycles. The van der Waals surface area contributed by atoms with E-state index in [1.54, 1.807) is 0 Å². The summed E-state index contributed by atoms with van der Waals surface area (Å²) in [5, 5.41) is 0. The van der Waals surface area contributed by atoms with Gasteiger partial charge in [-0.05, 0) is 49.5 Å². The highest BCUT2D eigenvalue weighted by molar-refractivity contribution is 4.92. The van der Waals surface area contributed by atoms with Crippen molar-refractivity contribution in [2.45, 2.75) is 58.9 Å². The molecule has 0 bridgehead atoms. The fraction of sp³-hybridized carbons (Fsp3) is 1.00. The minimum atomic E-state index is 0.472. The summed E-state index contributed by atoms with van der Waals surface area (Å²) in [6.07, 6.45) is 6.47. The molecule has 3 nitrogen and oxygen atoms in total. The van der Waals surface area contributed by atoms with Gasteiger partial charge in [0.05, 0.1) is 6.61 Å². The van der Waals surface area contributed by atoms with Crippen LogP contribution in [0.1, 0.15) is 52.9 Å². The van der Waals surface area contributed by atoms with Crippen molar-refractivity contribution in [2.75, 3.05) is 32.8 Å². The first-order valence-electron chi connectivity index (χ1n) is 8.60. The third kappa shape index (κ3) is 3.75. The second-order valence-corrected chi connectivity index (χ2v) is 7.42. The van der Waals surface area contributed by atoms with Crippen LogP contribution in [0.25, 0.3) is 0 Å². The highest BCUT2D eigenvalue weighted by atomic mass is 16.5. The molecule has 0 radical (unpaired) electrons. The maximum Gasteiger partial charge on any atom is 0.0593 e. The van der Waals surface area contributed by atoms with Crippen molar-refractivity contribution >= 4 is 0 Å². The van der Waals surface area contributed by atoms with Gasteiger partial charge in [-0.3, -0.25) is 4.90 Å². The zero-order chi connectivity index (χ0) is 14.6. The van der Waals surface area contributed by atoms with Gasteiger partial charge in [0.15, 0.2) is 0 Å². The number of nitrogens with zero attached hydrogens (tertiary/aromatic N) is 1. The van der Waals surface area contributed by atoms with E-state index in [0.29, 0.717) is 17.4 Å². The monoisotopic (exact) mass is 282 g/mol. The number of rotatable bonds is 4. The maximum atomic E-state index is 6.07. The van der Waals surface area contributed by atoms with Crippen LogP contribution in [-0.4, -0.2) is 43.8 Å². The zero-order valence-electron chi connectivity index (χ0n) is 13.7. The quantitative estimate of drug-likeness (QED) is 0.861. The number of hydrogen-bond donors (Lipinski definition) is 1. The third-order valence-corrected chi connectivity index (χ3v) is 6.00. The first-order valence-corrected chi connectivity index (χ1v) is 8.60. The summed E-state index contributed by atoms with van der Waals surface area (Å²) in [5.41, 5.74) is 6.54. The molecule has 0 spiro atoms. The van der Waals surface area contributed by atoms with Crippen molar-refractivity contribution in [1.29, 1.82) is 0 Å². The van der Waals surface area contributed by atoms with Gasteiger partial charge in [0.1, 0.15) is 0 Å². The average molecular weight is 282 g/mol. The fourth-order valence-corrected chi connectivity index (χ4v) is 4.03. The van der Waals surface area contributed by atoms with E-state index >= 15 is 0 Å². The lowest BCUT2D eigenvalue weighted by Gasteiger charge is -2.46. The van der Waals surface area contributed by atoms with Gasteiger partial charge in [0.25, 0.3) is 0 Å². The number of ether oxygens (including phenoxy) is 1. The fourth-order valence-electron chi connectivity index (χ4n) is 4.03. The molecule has 1 heterocycles. The molecule has 3 heteroatoms. The van der Waals surface area contributed by atoms with Crippen LogP contribution in [0.15, 0.2) is 0 Å². The predicted molar refractivity (Wildman–Crippen MR) is 84.8 cm³/mol. The Hall–Kier alpha value is -0.120. The number of hydrogen-bond acceptors (Lipinski definition) is 3. The zero-order valence-corrected chi connectivity index (χ0v) is 13.7. The Kier molecular flexibility index (Phi) is 5.88. The van der Waals surface area contributed by atoms with Gasteiger partial charge < -0.3 is 10.5 Å². The Morgan fingerprint density at radius 2 is 2.00 bits per heavy atom. The van der Waals surface area contributed by atoms with E-state index in [9.17, 15) is 0 Å². The largest absolute Gasteiger partial charge is 0.380 e. The van der Waals surface area contributed by atoms with Gasteiger partial charge in [-0.15, -0.1) is 0 Å². The molecule has 3 unspecified atom stereocenters. The summed E-state index contributed by atoms with van der Waals surface area (Å²) in [6.45, 7) is 12.2. The Bertz CT molecular complexity index is 285. The highest BCUT2D eigenvalue weighted by Gasteiger charge is 2.39. The standard InChI is InChI=1S/C17H34N2O/c1-4-17(2,3)15-7-6-14(13-18)16(12-15)19-8-5-10-20-11-9-19/h14-16H,4-13,18H2,1-3H3. The molecule has 1 aliphatic carbocycles. The van der Waals surface area contributed by atoms with Crippen LogP contribution >= 0.6 is 0 Å². The lowest BCUT2D eigenvalue weighted by molar-refractivity contribution is 0.0355. The van der Waals surface area contributed by atoms with Crippen LogP contribution in [-0.2, 0) is 4.74 Å². The molecule has 1 aliphatic heterocycles. The van der Waals surface area contributed by atoms with Gasteiger partial charge in [-0.2, -0.15) is 0 Å². The summed E-state index contributed by atoms with van der Waals surface area (Å²) in [5.74, 6) is 1.54. The van der Waals surface area contributed by atoms with Crippen LogP contribution in [0.3, 0.4) is 0 Å². The molecule has 2 fully saturated rings. The molecule has 20 heavy (non-hydrogen) atoms. The Morgan fingerprint density at radius 3 is 2.70 bits per heavy atom. The Labute approximate surface area is 125 Å². The van der Waals surface area contributed by atoms with Gasteiger partial charge in [0, 0.05) is 25.7 Å². The van der Waals surface area contributed by atoms with E-state index in [1.165, 1.54) is 38.6 Å². The van der Waals surface area contributed by atoms with E-state index < -0.39 is 0 Å². The second-order valence-electron chi connectivity index (χ2n) is 7.42. The maximum absolute atomic E-state index is 6.07. The van der Waals surface area contributed by atoms with E-state index in [2.05, 4.69) is 25.7 Å². The SMILES string of the molecule is CCC(C)(C)C1CCC(CN)C(N2CCCOCC2)C1. The summed E-state index contributed by atoms with van der Waals surface area (Å²) >= 11 is 0. The van der Waals surface area contributed by atoms with Crippen molar-refractivity contribution in [3.63, 3.8) is 0 Å². The molecule has 3 atom stereocenters. The van der Waals surface area contributed by atoms with Crippen LogP contribution in [0.5, 0.6) is 0 Å². The average Bonchev–Trinajstić information content (AvgIpc) is 2.75. The van der Waals surface area contributed by atoms with E-state index in [0.717, 1.165) is 32.2 Å². The van der Waals surface area contributed by atoms with Crippen LogP contribution in [0.2, 0.25) is 0 Å². The number of nitrogens with two attached hydrogens (primary N) is 1. The van der Waals surface area contributed by atoms with Crippen molar-refractivity contribution in [2.24, 2.45) is 23.0 Å². The summed E-state index contributed by atoms with van der Waals surface area (Å²) in [7, 11) is 0. The van der Waals surface area contributed by atoms with Gasteiger partial charge in [-0.1, -0.05) is 27.2 Å². The van der Waals surface area contributed by atoms with Gasteiger partial charge in [-0.25, -0.2) is 0 Å². The molecule has 0 aromatic carbocycles. The molecule has 0 aromatic heterocycles. The smallest absolute Gasteiger partial charge is 0.0593 e. The van der Waals surface area contributed by atoms with Crippen molar-refractivity contribution in [1.82, 2.24) is 4.90 Å². The highest BCUT2D eigenvalue weighted by Crippen LogP contribution is 2.43. The molecule has 2 aliphatic rings. The Morgan fingerprint density at radius 1 is 1.20 bits per heavy atom. The molecule has 0 aromatic rings. The topological polar surface area (TPSA) is 38.5 Å². The van der Waals surface area contributed by atoms with Gasteiger partial charge in [0.2, 0.25) is 0 Å². The first-order chi connectivity index (χ1) is 9.58. The van der Waals surface area contributed by atoms with Crippen molar-refractivity contribution in [3.8, 4) is 0 Å². The van der Waals surface area contributed by atoms with E-state index in [1.807, 2.05) is 0 Å². The molecule has 2 rings (SSSR count). The van der Waals surface area contributed by atoms with Crippen LogP contribution < -0.4 is 5.73 Å². The lowest BCUT2D eigenvalue weighted by atomic mass is 9.65. The first kappa shape index (κ1) is 16.3. The molecular weight excluding hydrogens is 248 g/mol. The predicted octanol–water partition coefficient (Wildman–Crippen LogP) is 2.89. The Balaban J connectivity index is 2.05. The van der Waals surface area contributed by atoms with Crippen LogP contribution in [0, 0.1) is 17.3 Å². The lowest BCUT2D eigenvalue weighted by Crippen LogP contribution is -2.49. The third-order valence-electron chi connectivity index (χ3n) is 6.00. The summed E-state index contributed by atoms with van der Waals surface area (Å²) in [6, 6.07) is 0.686.